The highest BCUT2D eigenvalue weighted by Gasteiger charge is 2.46. The molecule has 0 radical (unpaired) electrons. The molecule has 0 aliphatic carbocycles. The molecule has 1 fully saturated rings. The minimum absolute atomic E-state index is 0.0374. The van der Waals surface area contributed by atoms with Gasteiger partial charge in [-0.25, -0.2) is 13.9 Å². The lowest BCUT2D eigenvalue weighted by Crippen LogP contribution is -2.36. The number of aromatic nitrogens is 2. The number of rotatable bonds is 41. The van der Waals surface area contributed by atoms with E-state index in [1.807, 2.05) is 0 Å². The minimum Gasteiger partial charge on any atom is -0.462 e. The second kappa shape index (κ2) is 36.9. The molecule has 68 heavy (non-hydrogen) atoms. The smallest absolute Gasteiger partial charge is 0.462 e. The highest BCUT2D eigenvalue weighted by molar-refractivity contribution is 7.61. The molecule has 0 amide bonds. The number of unbranched alkanes of at least 4 members (excludes halogenated alkanes) is 19. The first-order valence-electron chi connectivity index (χ1n) is 25.0. The summed E-state index contributed by atoms with van der Waals surface area (Å²) in [7, 11) is -10.8. The summed E-state index contributed by atoms with van der Waals surface area (Å²) in [4.78, 5) is 61.8. The number of phosphoric acid groups is 2. The monoisotopic (exact) mass is 1000 g/mol. The summed E-state index contributed by atoms with van der Waals surface area (Å²) in [5.74, 6) is -1.32. The Bertz CT molecular complexity index is 1780. The van der Waals surface area contributed by atoms with E-state index >= 15 is 0 Å². The van der Waals surface area contributed by atoms with Crippen molar-refractivity contribution in [3.8, 4) is 0 Å². The van der Waals surface area contributed by atoms with E-state index in [-0.39, 0.29) is 18.7 Å². The summed E-state index contributed by atoms with van der Waals surface area (Å²) in [6, 6.07) is 1.25. The van der Waals surface area contributed by atoms with Crippen LogP contribution in [0.15, 0.2) is 53.5 Å². The summed E-state index contributed by atoms with van der Waals surface area (Å²) in [6.45, 7) is 2.10. The van der Waals surface area contributed by atoms with E-state index in [1.165, 1.54) is 63.9 Å². The molecular formula is C48H83N3O15P2. The number of carbonyl (C=O) groups excluding carboxylic acids is 2. The normalized spacial score (nSPS) is 19.7. The first-order valence-corrected chi connectivity index (χ1v) is 28.0. The van der Waals surface area contributed by atoms with Crippen LogP contribution in [0.25, 0.3) is 0 Å². The third-order valence-corrected chi connectivity index (χ3v) is 13.8. The number of allylic oxidation sites excluding steroid dienone is 6. The molecule has 20 heteroatoms. The molecular weight excluding hydrogens is 920 g/mol. The third kappa shape index (κ3) is 29.2. The van der Waals surface area contributed by atoms with E-state index in [9.17, 15) is 43.5 Å². The molecule has 0 bridgehead atoms. The van der Waals surface area contributed by atoms with Crippen LogP contribution in [0.3, 0.4) is 0 Å². The molecule has 0 spiro atoms. The van der Waals surface area contributed by atoms with Gasteiger partial charge in [0, 0.05) is 19.0 Å². The van der Waals surface area contributed by atoms with E-state index in [1.54, 1.807) is 0 Å². The van der Waals surface area contributed by atoms with Gasteiger partial charge in [-0.3, -0.25) is 23.2 Å². The van der Waals surface area contributed by atoms with Crippen molar-refractivity contribution in [3.63, 3.8) is 0 Å². The van der Waals surface area contributed by atoms with E-state index in [0.717, 1.165) is 94.2 Å². The quantitative estimate of drug-likeness (QED) is 0.0177. The fourth-order valence-electron chi connectivity index (χ4n) is 7.28. The van der Waals surface area contributed by atoms with Gasteiger partial charge in [0.1, 0.15) is 30.7 Å². The predicted molar refractivity (Wildman–Crippen MR) is 261 cm³/mol. The number of aliphatic hydroxyl groups excluding tert-OH is 2. The molecule has 0 aromatic carbocycles. The second-order valence-corrected chi connectivity index (χ2v) is 20.4. The van der Waals surface area contributed by atoms with E-state index in [0.29, 0.717) is 12.8 Å². The van der Waals surface area contributed by atoms with E-state index in [2.05, 4.69) is 59.6 Å². The van der Waals surface area contributed by atoms with Gasteiger partial charge in [-0.05, 0) is 76.7 Å². The van der Waals surface area contributed by atoms with Crippen LogP contribution in [0.5, 0.6) is 0 Å². The van der Waals surface area contributed by atoms with Crippen molar-refractivity contribution in [2.45, 2.75) is 211 Å². The van der Waals surface area contributed by atoms with Crippen molar-refractivity contribution >= 4 is 33.4 Å². The van der Waals surface area contributed by atoms with Crippen molar-refractivity contribution in [3.05, 3.63) is 59.2 Å². The number of phosphoric ester groups is 2. The minimum atomic E-state index is -5.43. The van der Waals surface area contributed by atoms with Gasteiger partial charge in [0.15, 0.2) is 12.3 Å². The lowest BCUT2D eigenvalue weighted by molar-refractivity contribution is -0.161. The van der Waals surface area contributed by atoms with Gasteiger partial charge in [-0.15, -0.1) is 0 Å². The maximum absolute atomic E-state index is 12.8. The highest BCUT2D eigenvalue weighted by atomic mass is 31.3. The summed E-state index contributed by atoms with van der Waals surface area (Å²) < 4.78 is 56.7. The fourth-order valence-corrected chi connectivity index (χ4v) is 9.39. The number of aliphatic hydroxyl groups is 2. The van der Waals surface area contributed by atoms with Gasteiger partial charge in [-0.1, -0.05) is 134 Å². The number of hydrogen-bond acceptors (Lipinski definition) is 15. The molecule has 390 valence electrons. The second-order valence-electron chi connectivity index (χ2n) is 17.3. The number of esters is 2. The lowest BCUT2D eigenvalue weighted by Gasteiger charge is -2.21. The summed E-state index contributed by atoms with van der Waals surface area (Å²) in [6.07, 6.45) is 32.2. The lowest BCUT2D eigenvalue weighted by atomic mass is 10.1. The Kier molecular flexibility index (Phi) is 33.1. The molecule has 18 nitrogen and oxygen atoms in total. The molecule has 1 aromatic heterocycles. The van der Waals surface area contributed by atoms with Crippen LogP contribution in [-0.2, 0) is 46.3 Å². The van der Waals surface area contributed by atoms with Gasteiger partial charge in [0.25, 0.3) is 0 Å². The van der Waals surface area contributed by atoms with Crippen LogP contribution in [0.4, 0.5) is 5.82 Å². The number of nitrogens with zero attached hydrogens (tertiary/aromatic N) is 2. The fraction of sp³-hybridized carbons (Fsp3) is 0.750. The number of nitrogens with two attached hydrogens (primary N) is 1. The first-order chi connectivity index (χ1) is 32.7. The van der Waals surface area contributed by atoms with Crippen molar-refractivity contribution in [1.29, 1.82) is 0 Å². The first kappa shape index (κ1) is 61.1. The number of ether oxygens (including phenoxy) is 3. The topological polar surface area (TPSA) is 265 Å². The number of hydrogen-bond donors (Lipinski definition) is 5. The number of nitrogen functional groups attached to an aromatic ring is 1. The Morgan fingerprint density at radius 1 is 0.706 bits per heavy atom. The molecule has 7 atom stereocenters. The zero-order valence-electron chi connectivity index (χ0n) is 40.7. The van der Waals surface area contributed by atoms with E-state index in [4.69, 9.17) is 29.0 Å². The van der Waals surface area contributed by atoms with Gasteiger partial charge >= 0.3 is 33.3 Å². The Labute approximate surface area is 404 Å². The molecule has 1 saturated heterocycles. The van der Waals surface area contributed by atoms with Gasteiger partial charge < -0.3 is 39.9 Å². The maximum atomic E-state index is 12.8. The zero-order chi connectivity index (χ0) is 49.9. The van der Waals surface area contributed by atoms with Crippen LogP contribution < -0.4 is 11.4 Å². The van der Waals surface area contributed by atoms with Crippen molar-refractivity contribution < 1.29 is 66.3 Å². The van der Waals surface area contributed by atoms with Crippen LogP contribution in [0.1, 0.15) is 187 Å². The molecule has 2 rings (SSSR count). The van der Waals surface area contributed by atoms with Gasteiger partial charge in [-0.2, -0.15) is 9.29 Å². The molecule has 6 N–H and O–H groups in total. The maximum Gasteiger partial charge on any atom is 0.481 e. The summed E-state index contributed by atoms with van der Waals surface area (Å²) >= 11 is 0. The van der Waals surface area contributed by atoms with Gasteiger partial charge in [0.05, 0.1) is 13.2 Å². The average molecular weight is 1000 g/mol. The molecule has 1 aliphatic rings. The Balaban J connectivity index is 1.82. The van der Waals surface area contributed by atoms with Crippen LogP contribution in [0, 0.1) is 0 Å². The predicted octanol–water partition coefficient (Wildman–Crippen LogP) is 10.0. The summed E-state index contributed by atoms with van der Waals surface area (Å²) in [5.41, 5.74) is 4.59. The van der Waals surface area contributed by atoms with Crippen LogP contribution >= 0.6 is 15.6 Å². The molecule has 3 unspecified atom stereocenters. The summed E-state index contributed by atoms with van der Waals surface area (Å²) in [5, 5.41) is 20.9. The molecule has 0 saturated carbocycles. The number of anilines is 1. The van der Waals surface area contributed by atoms with Crippen LogP contribution in [0.2, 0.25) is 0 Å². The van der Waals surface area contributed by atoms with Crippen LogP contribution in [-0.4, -0.2) is 85.7 Å². The Hall–Kier alpha value is -3.02. The Morgan fingerprint density at radius 3 is 1.76 bits per heavy atom. The molecule has 1 aliphatic heterocycles. The number of carbonyl (C=O) groups is 2. The average Bonchev–Trinajstić information content (AvgIpc) is 3.57. The van der Waals surface area contributed by atoms with Crippen molar-refractivity contribution in [2.24, 2.45) is 0 Å². The van der Waals surface area contributed by atoms with Crippen molar-refractivity contribution in [1.82, 2.24) is 9.55 Å². The van der Waals surface area contributed by atoms with Crippen molar-refractivity contribution in [2.75, 3.05) is 25.6 Å². The highest BCUT2D eigenvalue weighted by Crippen LogP contribution is 2.60. The SMILES string of the molecule is CCCCC/C=C\C/C=C\CCCCCCCC(=O)OC[C@H](COP(=O)(O)OP(=O)(O)OC[C@H]1O[C@@H](n2ccc(N)nc2=O)C(O)[C@H]1O)OC(=O)CCCCCCC/C=C\CCCCCCCC. The van der Waals surface area contributed by atoms with Gasteiger partial charge in [0.2, 0.25) is 0 Å². The zero-order valence-corrected chi connectivity index (χ0v) is 42.4. The standard InChI is InChI=1S/C48H83N3O15P2/c1-3-5-7-9-11-13-15-17-19-21-23-25-27-29-31-33-43(52)61-37-40(64-44(53)34-32-30-28-26-24-22-20-18-16-14-12-10-8-6-4-2)38-62-67(57,58)66-68(59,60)63-39-41-45(54)46(55)47(65-41)51-36-35-42(49)50-48(51)56/h11,13,17-20,35-36,40-41,45-47,54-55H,3-10,12,14-16,21-34,37-39H2,1-2H3,(H,57,58)(H,59,60)(H2,49,50,56)/b13-11-,19-17-,20-18-/t40-,41-,45+,46?,47-/m1/s1. The van der Waals surface area contributed by atoms with E-state index < -0.39 is 83.7 Å². The third-order valence-electron chi connectivity index (χ3n) is 11.2. The largest absolute Gasteiger partial charge is 0.481 e. The molecule has 1 aromatic rings. The Morgan fingerprint density at radius 2 is 1.19 bits per heavy atom. The molecule has 2 heterocycles.